The van der Waals surface area contributed by atoms with Crippen molar-refractivity contribution in [2.45, 2.75) is 6.54 Å². The number of carbonyl (C=O) groups excluding carboxylic acids is 2. The van der Waals surface area contributed by atoms with Crippen LogP contribution in [0.15, 0.2) is 54.2 Å². The summed E-state index contributed by atoms with van der Waals surface area (Å²) >= 11 is 2.18. The first-order valence-electron chi connectivity index (χ1n) is 7.27. The summed E-state index contributed by atoms with van der Waals surface area (Å²) in [6.07, 6.45) is 1.62. The Morgan fingerprint density at radius 2 is 1.72 bits per heavy atom. The molecule has 3 rings (SSSR count). The number of nitro groups is 1. The Morgan fingerprint density at radius 3 is 2.32 bits per heavy atom. The Bertz CT molecular complexity index is 876. The number of hydrogen-bond acceptors (Lipinski definition) is 4. The van der Waals surface area contributed by atoms with Crippen molar-refractivity contribution in [3.05, 3.63) is 79.0 Å². The molecule has 0 unspecified atom stereocenters. The summed E-state index contributed by atoms with van der Waals surface area (Å²) in [5.41, 5.74) is 1.60. The molecule has 3 amide bonds. The van der Waals surface area contributed by atoms with Crippen molar-refractivity contribution < 1.29 is 14.5 Å². The number of halogens is 1. The number of nitrogens with one attached hydrogen (secondary N) is 1. The second kappa shape index (κ2) is 7.01. The molecule has 2 aromatic carbocycles. The largest absolute Gasteiger partial charge is 0.329 e. The van der Waals surface area contributed by atoms with Gasteiger partial charge in [-0.2, -0.15) is 0 Å². The maximum atomic E-state index is 12.4. The number of nitrogens with zero attached hydrogens (tertiary/aromatic N) is 2. The van der Waals surface area contributed by atoms with Gasteiger partial charge in [0.25, 0.3) is 11.6 Å². The second-order valence-corrected chi connectivity index (χ2v) is 6.60. The van der Waals surface area contributed by atoms with Crippen LogP contribution in [0, 0.1) is 13.7 Å². The van der Waals surface area contributed by atoms with Crippen LogP contribution in [0.3, 0.4) is 0 Å². The van der Waals surface area contributed by atoms with E-state index in [9.17, 15) is 19.7 Å². The molecule has 1 saturated heterocycles. The van der Waals surface area contributed by atoms with Crippen LogP contribution in [0.1, 0.15) is 11.1 Å². The zero-order valence-corrected chi connectivity index (χ0v) is 15.0. The Labute approximate surface area is 156 Å². The van der Waals surface area contributed by atoms with Crippen molar-refractivity contribution in [2.24, 2.45) is 0 Å². The highest BCUT2D eigenvalue weighted by atomic mass is 127. The first-order chi connectivity index (χ1) is 11.9. The summed E-state index contributed by atoms with van der Waals surface area (Å²) in [6, 6.07) is 12.7. The van der Waals surface area contributed by atoms with Crippen molar-refractivity contribution in [3.8, 4) is 0 Å². The Balaban J connectivity index is 1.77. The summed E-state index contributed by atoms with van der Waals surface area (Å²) in [6.45, 7) is 0.0483. The number of amides is 3. The number of urea groups is 1. The number of benzene rings is 2. The molecular weight excluding hydrogens is 437 g/mol. The van der Waals surface area contributed by atoms with Gasteiger partial charge in [-0.15, -0.1) is 0 Å². The first-order valence-corrected chi connectivity index (χ1v) is 8.35. The Morgan fingerprint density at radius 1 is 1.08 bits per heavy atom. The third kappa shape index (κ3) is 3.85. The van der Waals surface area contributed by atoms with E-state index in [-0.39, 0.29) is 17.9 Å². The average molecular weight is 449 g/mol. The molecule has 1 N–H and O–H groups in total. The van der Waals surface area contributed by atoms with Crippen molar-refractivity contribution >= 4 is 46.3 Å². The van der Waals surface area contributed by atoms with E-state index in [2.05, 4.69) is 27.9 Å². The number of hydrogen-bond donors (Lipinski definition) is 1. The molecule has 2 aromatic rings. The van der Waals surface area contributed by atoms with Gasteiger partial charge in [-0.05, 0) is 51.9 Å². The minimum absolute atomic E-state index is 0.0414. The van der Waals surface area contributed by atoms with Gasteiger partial charge in [0.15, 0.2) is 0 Å². The predicted octanol–water partition coefficient (Wildman–Crippen LogP) is 3.29. The van der Waals surface area contributed by atoms with Gasteiger partial charge in [0.1, 0.15) is 5.70 Å². The SMILES string of the molecule is O=C1N/C(=C\c2ccc(I)cc2)C(=O)N1Cc1ccc([N+](=O)[O-])cc1. The topological polar surface area (TPSA) is 92.6 Å². The van der Waals surface area contributed by atoms with Crippen molar-refractivity contribution in [1.82, 2.24) is 10.2 Å². The molecule has 0 aromatic heterocycles. The van der Waals surface area contributed by atoms with Gasteiger partial charge in [-0.3, -0.25) is 19.8 Å². The third-order valence-electron chi connectivity index (χ3n) is 3.63. The van der Waals surface area contributed by atoms with Gasteiger partial charge in [-0.1, -0.05) is 24.3 Å². The highest BCUT2D eigenvalue weighted by Gasteiger charge is 2.33. The molecule has 1 fully saturated rings. The monoisotopic (exact) mass is 449 g/mol. The Hall–Kier alpha value is -2.75. The van der Waals surface area contributed by atoms with Crippen molar-refractivity contribution in [1.29, 1.82) is 0 Å². The van der Waals surface area contributed by atoms with E-state index in [0.717, 1.165) is 14.0 Å². The van der Waals surface area contributed by atoms with Gasteiger partial charge in [0.05, 0.1) is 11.5 Å². The molecule has 7 nitrogen and oxygen atoms in total. The molecule has 0 bridgehead atoms. The first kappa shape index (κ1) is 17.1. The van der Waals surface area contributed by atoms with E-state index < -0.39 is 16.9 Å². The van der Waals surface area contributed by atoms with Crippen molar-refractivity contribution in [3.63, 3.8) is 0 Å². The van der Waals surface area contributed by atoms with Gasteiger partial charge >= 0.3 is 6.03 Å². The zero-order valence-electron chi connectivity index (χ0n) is 12.8. The molecule has 0 spiro atoms. The molecule has 8 heteroatoms. The molecule has 126 valence electrons. The summed E-state index contributed by atoms with van der Waals surface area (Å²) in [5, 5.41) is 13.2. The number of rotatable bonds is 4. The highest BCUT2D eigenvalue weighted by molar-refractivity contribution is 14.1. The maximum Gasteiger partial charge on any atom is 0.329 e. The maximum absolute atomic E-state index is 12.4. The molecule has 1 aliphatic heterocycles. The van der Waals surface area contributed by atoms with Crippen LogP contribution in [0.5, 0.6) is 0 Å². The lowest BCUT2D eigenvalue weighted by molar-refractivity contribution is -0.384. The summed E-state index contributed by atoms with van der Waals surface area (Å²) < 4.78 is 1.07. The molecular formula is C17H12IN3O4. The molecule has 0 atom stereocenters. The van der Waals surface area contributed by atoms with E-state index >= 15 is 0 Å². The standard InChI is InChI=1S/C17H12IN3O4/c18-13-5-1-11(2-6-13)9-15-16(22)20(17(23)19-15)10-12-3-7-14(8-4-12)21(24)25/h1-9H,10H2,(H,19,23)/b15-9-. The summed E-state index contributed by atoms with van der Waals surface area (Å²) in [7, 11) is 0. The predicted molar refractivity (Wildman–Crippen MR) is 99.3 cm³/mol. The third-order valence-corrected chi connectivity index (χ3v) is 4.35. The van der Waals surface area contributed by atoms with E-state index in [1.807, 2.05) is 24.3 Å². The molecule has 0 saturated carbocycles. The highest BCUT2D eigenvalue weighted by Crippen LogP contribution is 2.19. The van der Waals surface area contributed by atoms with Crippen molar-refractivity contribution in [2.75, 3.05) is 0 Å². The normalized spacial score (nSPS) is 15.6. The van der Waals surface area contributed by atoms with Crippen LogP contribution in [-0.4, -0.2) is 21.8 Å². The van der Waals surface area contributed by atoms with Crippen LogP contribution in [0.4, 0.5) is 10.5 Å². The van der Waals surface area contributed by atoms with E-state index in [1.165, 1.54) is 24.3 Å². The Kier molecular flexibility index (Phi) is 4.79. The van der Waals surface area contributed by atoms with Gasteiger partial charge in [-0.25, -0.2) is 4.79 Å². The van der Waals surface area contributed by atoms with Crippen LogP contribution >= 0.6 is 22.6 Å². The molecule has 0 aliphatic carbocycles. The molecule has 25 heavy (non-hydrogen) atoms. The lowest BCUT2D eigenvalue weighted by atomic mass is 10.2. The summed E-state index contributed by atoms with van der Waals surface area (Å²) in [5.74, 6) is -0.429. The quantitative estimate of drug-likeness (QED) is 0.255. The average Bonchev–Trinajstić information content (AvgIpc) is 2.85. The second-order valence-electron chi connectivity index (χ2n) is 5.35. The number of non-ortho nitro benzene ring substituents is 1. The number of imide groups is 1. The number of carbonyl (C=O) groups is 2. The van der Waals surface area contributed by atoms with Crippen LogP contribution < -0.4 is 5.32 Å². The fourth-order valence-corrected chi connectivity index (χ4v) is 2.71. The van der Waals surface area contributed by atoms with Gasteiger partial charge in [0.2, 0.25) is 0 Å². The van der Waals surface area contributed by atoms with E-state index in [4.69, 9.17) is 0 Å². The fraction of sp³-hybridized carbons (Fsp3) is 0.0588. The fourth-order valence-electron chi connectivity index (χ4n) is 2.35. The molecule has 1 heterocycles. The van der Waals surface area contributed by atoms with E-state index in [1.54, 1.807) is 6.08 Å². The summed E-state index contributed by atoms with van der Waals surface area (Å²) in [4.78, 5) is 35.7. The van der Waals surface area contributed by atoms with Crippen LogP contribution in [-0.2, 0) is 11.3 Å². The van der Waals surface area contributed by atoms with Gasteiger partial charge < -0.3 is 5.32 Å². The van der Waals surface area contributed by atoms with Crippen LogP contribution in [0.25, 0.3) is 6.08 Å². The minimum atomic E-state index is -0.514. The lowest BCUT2D eigenvalue weighted by Gasteiger charge is -2.11. The van der Waals surface area contributed by atoms with E-state index in [0.29, 0.717) is 5.56 Å². The minimum Gasteiger partial charge on any atom is -0.303 e. The van der Waals surface area contributed by atoms with Gasteiger partial charge in [0, 0.05) is 15.7 Å². The zero-order chi connectivity index (χ0) is 18.0. The van der Waals surface area contributed by atoms with Crippen LogP contribution in [0.2, 0.25) is 0 Å². The lowest BCUT2D eigenvalue weighted by Crippen LogP contribution is -2.30. The number of nitro benzene ring substituents is 1. The molecule has 0 radical (unpaired) electrons. The smallest absolute Gasteiger partial charge is 0.303 e. The molecule has 1 aliphatic rings.